The van der Waals surface area contributed by atoms with Crippen molar-refractivity contribution in [3.05, 3.63) is 31.1 Å². The van der Waals surface area contributed by atoms with E-state index in [1.54, 1.807) is 6.07 Å². The molecule has 1 aliphatic rings. The lowest BCUT2D eigenvalue weighted by atomic mass is 10.0. The van der Waals surface area contributed by atoms with Crippen LogP contribution in [-0.2, 0) is 14.1 Å². The predicted octanol–water partition coefficient (Wildman–Crippen LogP) is 0.412. The second-order valence-corrected chi connectivity index (χ2v) is 5.92. The van der Waals surface area contributed by atoms with Gasteiger partial charge in [-0.05, 0) is 12.1 Å². The minimum atomic E-state index is -4.49. The summed E-state index contributed by atoms with van der Waals surface area (Å²) < 4.78 is 21.0. The third kappa shape index (κ3) is 3.22. The zero-order chi connectivity index (χ0) is 15.7. The summed E-state index contributed by atoms with van der Waals surface area (Å²) in [5.41, 5.74) is -1.78. The first-order valence-corrected chi connectivity index (χ1v) is 7.56. The van der Waals surface area contributed by atoms with Crippen molar-refractivity contribution in [2.75, 3.05) is 17.8 Å². The number of amides is 3. The number of rotatable bonds is 5. The van der Waals surface area contributed by atoms with Crippen LogP contribution in [0.2, 0.25) is 0 Å². The van der Waals surface area contributed by atoms with Gasteiger partial charge < -0.3 is 18.9 Å². The van der Waals surface area contributed by atoms with E-state index >= 15 is 0 Å². The molecule has 0 bridgehead atoms. The summed E-state index contributed by atoms with van der Waals surface area (Å²) in [6, 6.07) is 2.31. The lowest BCUT2D eigenvalue weighted by molar-refractivity contribution is -0.138. The second kappa shape index (κ2) is 5.45. The van der Waals surface area contributed by atoms with Crippen molar-refractivity contribution in [3.8, 4) is 0 Å². The fraction of sp³-hybridized carbons (Fsp3) is 0.273. The largest absolute Gasteiger partial charge is 0.448 e. The van der Waals surface area contributed by atoms with Gasteiger partial charge >= 0.3 is 13.6 Å². The summed E-state index contributed by atoms with van der Waals surface area (Å²) in [7, 11) is -4.49. The van der Waals surface area contributed by atoms with Crippen LogP contribution in [-0.4, -0.2) is 40.2 Å². The summed E-state index contributed by atoms with van der Waals surface area (Å²) in [5.74, 6) is -0.690. The maximum absolute atomic E-state index is 12.0. The van der Waals surface area contributed by atoms with Gasteiger partial charge in [-0.3, -0.25) is 19.6 Å². The van der Waals surface area contributed by atoms with Crippen molar-refractivity contribution < 1.29 is 33.1 Å². The fourth-order valence-corrected chi connectivity index (χ4v) is 2.18. The molecule has 1 unspecified atom stereocenters. The summed E-state index contributed by atoms with van der Waals surface area (Å²) >= 11 is 0. The molecule has 1 aromatic rings. The number of nitrogens with one attached hydrogen (secondary N) is 1. The molecule has 3 N–H and O–H groups in total. The van der Waals surface area contributed by atoms with Crippen molar-refractivity contribution >= 4 is 25.4 Å². The molecule has 0 saturated carbocycles. The van der Waals surface area contributed by atoms with Crippen LogP contribution >= 0.6 is 7.60 Å². The van der Waals surface area contributed by atoms with Gasteiger partial charge in [0.25, 0.3) is 5.91 Å². The van der Waals surface area contributed by atoms with Crippen molar-refractivity contribution in [2.24, 2.45) is 0 Å². The van der Waals surface area contributed by atoms with Gasteiger partial charge in [-0.1, -0.05) is 6.58 Å². The molecule has 1 fully saturated rings. The molecule has 0 spiro atoms. The molecule has 21 heavy (non-hydrogen) atoms. The van der Waals surface area contributed by atoms with E-state index in [1.807, 2.05) is 5.32 Å². The van der Waals surface area contributed by atoms with Crippen LogP contribution < -0.4 is 10.2 Å². The lowest BCUT2D eigenvalue weighted by Gasteiger charge is -2.37. The SMILES string of the molecule is C=CC1(OCP(=O)(O)O)CN(c2ccco2)C(=O)NC1=O. The fourth-order valence-electron chi connectivity index (χ4n) is 1.78. The minimum absolute atomic E-state index is 0.158. The first-order valence-electron chi connectivity index (χ1n) is 5.76. The molecule has 1 atom stereocenters. The van der Waals surface area contributed by atoms with E-state index in [0.29, 0.717) is 0 Å². The summed E-state index contributed by atoms with van der Waals surface area (Å²) in [4.78, 5) is 42.6. The van der Waals surface area contributed by atoms with Crippen LogP contribution in [0, 0.1) is 0 Å². The number of carbonyl (C=O) groups is 2. The highest BCUT2D eigenvalue weighted by atomic mass is 31.2. The Hall–Kier alpha value is -1.93. The molecular weight excluding hydrogens is 303 g/mol. The van der Waals surface area contributed by atoms with Gasteiger partial charge in [0.05, 0.1) is 12.8 Å². The number of hydrogen-bond donors (Lipinski definition) is 3. The van der Waals surface area contributed by atoms with Gasteiger partial charge in [-0.2, -0.15) is 0 Å². The molecule has 2 heterocycles. The second-order valence-electron chi connectivity index (χ2n) is 4.33. The molecule has 2 rings (SSSR count). The smallest absolute Gasteiger partial charge is 0.351 e. The van der Waals surface area contributed by atoms with E-state index < -0.39 is 31.5 Å². The van der Waals surface area contributed by atoms with Crippen LogP contribution in [0.15, 0.2) is 35.5 Å². The third-order valence-corrected chi connectivity index (χ3v) is 3.30. The van der Waals surface area contributed by atoms with E-state index in [1.165, 1.54) is 12.3 Å². The Labute approximate surface area is 119 Å². The standard InChI is InChI=1S/C11H13N2O7P/c1-2-11(20-7-21(16,17)18)6-13(8-4-3-5-19-8)10(15)12-9(11)14/h2-5H,1,6-7H2,(H,12,14,15)(H2,16,17,18). The molecular formula is C11H13N2O7P. The average molecular weight is 316 g/mol. The topological polar surface area (TPSA) is 129 Å². The maximum atomic E-state index is 12.0. The molecule has 1 aliphatic heterocycles. The Kier molecular flexibility index (Phi) is 4.02. The lowest BCUT2D eigenvalue weighted by Crippen LogP contribution is -2.64. The molecule has 10 heteroatoms. The van der Waals surface area contributed by atoms with Gasteiger partial charge in [0, 0.05) is 6.07 Å². The van der Waals surface area contributed by atoms with Gasteiger partial charge in [0.2, 0.25) is 5.88 Å². The quantitative estimate of drug-likeness (QED) is 0.530. The molecule has 0 radical (unpaired) electrons. The molecule has 3 amide bonds. The van der Waals surface area contributed by atoms with Crippen molar-refractivity contribution in [1.29, 1.82) is 0 Å². The Bertz CT molecular complexity index is 608. The zero-order valence-corrected chi connectivity index (χ0v) is 11.7. The van der Waals surface area contributed by atoms with E-state index in [-0.39, 0.29) is 12.4 Å². The molecule has 1 aromatic heterocycles. The Morgan fingerprint density at radius 3 is 2.81 bits per heavy atom. The average Bonchev–Trinajstić information content (AvgIpc) is 2.91. The van der Waals surface area contributed by atoms with Crippen molar-refractivity contribution in [3.63, 3.8) is 0 Å². The van der Waals surface area contributed by atoms with Crippen LogP contribution in [0.25, 0.3) is 0 Å². The molecule has 9 nitrogen and oxygen atoms in total. The third-order valence-electron chi connectivity index (χ3n) is 2.84. The van der Waals surface area contributed by atoms with Gasteiger partial charge in [-0.15, -0.1) is 0 Å². The highest BCUT2D eigenvalue weighted by Crippen LogP contribution is 2.37. The zero-order valence-electron chi connectivity index (χ0n) is 10.8. The van der Waals surface area contributed by atoms with Crippen LogP contribution in [0.4, 0.5) is 10.7 Å². The Morgan fingerprint density at radius 2 is 2.29 bits per heavy atom. The monoisotopic (exact) mass is 316 g/mol. The van der Waals surface area contributed by atoms with Gasteiger partial charge in [-0.25, -0.2) is 4.79 Å². The number of ether oxygens (including phenoxy) is 1. The minimum Gasteiger partial charge on any atom is -0.448 e. The number of anilines is 1. The number of furan rings is 1. The maximum Gasteiger partial charge on any atom is 0.351 e. The number of imide groups is 1. The van der Waals surface area contributed by atoms with E-state index in [2.05, 4.69) is 6.58 Å². The van der Waals surface area contributed by atoms with Crippen LogP contribution in [0.5, 0.6) is 0 Å². The Balaban J connectivity index is 2.27. The highest BCUT2D eigenvalue weighted by Gasteiger charge is 2.47. The molecule has 1 saturated heterocycles. The van der Waals surface area contributed by atoms with Gasteiger partial charge in [0.15, 0.2) is 5.60 Å². The number of urea groups is 1. The highest BCUT2D eigenvalue weighted by molar-refractivity contribution is 7.51. The van der Waals surface area contributed by atoms with Crippen molar-refractivity contribution in [2.45, 2.75) is 5.60 Å². The first kappa shape index (κ1) is 15.5. The molecule has 114 valence electrons. The van der Waals surface area contributed by atoms with E-state index in [4.69, 9.17) is 18.9 Å². The normalized spacial score (nSPS) is 23.0. The van der Waals surface area contributed by atoms with Crippen LogP contribution in [0.1, 0.15) is 0 Å². The molecule has 0 aromatic carbocycles. The number of hydrogen-bond acceptors (Lipinski definition) is 5. The summed E-state index contributed by atoms with van der Waals surface area (Å²) in [5, 5.41) is 2.03. The van der Waals surface area contributed by atoms with E-state index in [0.717, 1.165) is 11.0 Å². The van der Waals surface area contributed by atoms with Gasteiger partial charge in [0.1, 0.15) is 6.35 Å². The predicted molar refractivity (Wildman–Crippen MR) is 70.5 cm³/mol. The Morgan fingerprint density at radius 1 is 1.57 bits per heavy atom. The molecule has 0 aliphatic carbocycles. The summed E-state index contributed by atoms with van der Waals surface area (Å²) in [6.07, 6.45) is 1.44. The van der Waals surface area contributed by atoms with E-state index in [9.17, 15) is 14.2 Å². The summed E-state index contributed by atoms with van der Waals surface area (Å²) in [6.45, 7) is 3.13. The van der Waals surface area contributed by atoms with Crippen LogP contribution in [0.3, 0.4) is 0 Å². The first-order chi connectivity index (χ1) is 9.77. The number of nitrogens with zero attached hydrogens (tertiary/aromatic N) is 1. The number of carbonyl (C=O) groups excluding carboxylic acids is 2. The van der Waals surface area contributed by atoms with Crippen molar-refractivity contribution in [1.82, 2.24) is 5.32 Å².